The number of piperidine rings is 1. The standard InChI is InChI=1S/C19H21N5O/c1-23-12-13-10-17(24-8-3-2-4-9-24)15(11-16(13)22-23)14-6-5-7-21-18(14)19(20)25/h5-7,10-12H,2-4,8-9H2,1H3,(H2,20,25). The lowest BCUT2D eigenvalue weighted by Crippen LogP contribution is -2.30. The molecule has 0 spiro atoms. The second-order valence-electron chi connectivity index (χ2n) is 6.54. The normalized spacial score (nSPS) is 14.8. The molecule has 1 saturated heterocycles. The van der Waals surface area contributed by atoms with Crippen LogP contribution in [-0.2, 0) is 7.05 Å². The molecular formula is C19H21N5O. The van der Waals surface area contributed by atoms with E-state index >= 15 is 0 Å². The number of benzene rings is 1. The summed E-state index contributed by atoms with van der Waals surface area (Å²) in [5.41, 5.74) is 9.62. The number of pyridine rings is 1. The molecule has 25 heavy (non-hydrogen) atoms. The van der Waals surface area contributed by atoms with Crippen molar-refractivity contribution in [3.63, 3.8) is 0 Å². The fraction of sp³-hybridized carbons (Fsp3) is 0.316. The topological polar surface area (TPSA) is 77.0 Å². The largest absolute Gasteiger partial charge is 0.371 e. The summed E-state index contributed by atoms with van der Waals surface area (Å²) in [6.45, 7) is 2.04. The molecule has 1 fully saturated rings. The van der Waals surface area contributed by atoms with Crippen LogP contribution in [0.1, 0.15) is 29.8 Å². The highest BCUT2D eigenvalue weighted by Crippen LogP contribution is 2.37. The van der Waals surface area contributed by atoms with Crippen LogP contribution >= 0.6 is 0 Å². The molecule has 1 aliphatic rings. The number of amides is 1. The molecule has 4 rings (SSSR count). The van der Waals surface area contributed by atoms with E-state index in [4.69, 9.17) is 5.73 Å². The summed E-state index contributed by atoms with van der Waals surface area (Å²) in [6, 6.07) is 7.96. The van der Waals surface area contributed by atoms with Crippen molar-refractivity contribution in [3.05, 3.63) is 42.4 Å². The zero-order chi connectivity index (χ0) is 17.4. The molecule has 1 aliphatic heterocycles. The first-order chi connectivity index (χ1) is 12.1. The fourth-order valence-corrected chi connectivity index (χ4v) is 3.61. The Balaban J connectivity index is 1.96. The predicted molar refractivity (Wildman–Crippen MR) is 98.5 cm³/mol. The summed E-state index contributed by atoms with van der Waals surface area (Å²) < 4.78 is 1.81. The molecule has 6 heteroatoms. The first-order valence-electron chi connectivity index (χ1n) is 8.61. The van der Waals surface area contributed by atoms with Crippen molar-refractivity contribution in [2.24, 2.45) is 12.8 Å². The van der Waals surface area contributed by atoms with Gasteiger partial charge in [-0.25, -0.2) is 0 Å². The Labute approximate surface area is 146 Å². The summed E-state index contributed by atoms with van der Waals surface area (Å²) >= 11 is 0. The smallest absolute Gasteiger partial charge is 0.267 e. The van der Waals surface area contributed by atoms with E-state index in [2.05, 4.69) is 21.0 Å². The first kappa shape index (κ1) is 15.6. The molecule has 2 aromatic heterocycles. The molecule has 2 N–H and O–H groups in total. The molecule has 0 atom stereocenters. The second-order valence-corrected chi connectivity index (χ2v) is 6.54. The molecular weight excluding hydrogens is 314 g/mol. The van der Waals surface area contributed by atoms with Crippen LogP contribution in [0.3, 0.4) is 0 Å². The Hall–Kier alpha value is -2.89. The van der Waals surface area contributed by atoms with Crippen LogP contribution < -0.4 is 10.6 Å². The number of carbonyl (C=O) groups is 1. The first-order valence-corrected chi connectivity index (χ1v) is 8.61. The minimum absolute atomic E-state index is 0.302. The van der Waals surface area contributed by atoms with Gasteiger partial charge in [-0.1, -0.05) is 6.07 Å². The van der Waals surface area contributed by atoms with Gasteiger partial charge in [0, 0.05) is 54.7 Å². The van der Waals surface area contributed by atoms with Crippen molar-refractivity contribution in [2.45, 2.75) is 19.3 Å². The van der Waals surface area contributed by atoms with E-state index in [1.165, 1.54) is 19.3 Å². The highest BCUT2D eigenvalue weighted by molar-refractivity contribution is 6.02. The minimum Gasteiger partial charge on any atom is -0.371 e. The number of hydrogen-bond donors (Lipinski definition) is 1. The van der Waals surface area contributed by atoms with E-state index in [1.54, 1.807) is 6.20 Å². The van der Waals surface area contributed by atoms with E-state index in [0.717, 1.165) is 40.8 Å². The number of fused-ring (bicyclic) bond motifs is 1. The van der Waals surface area contributed by atoms with Crippen LogP contribution in [0.2, 0.25) is 0 Å². The zero-order valence-electron chi connectivity index (χ0n) is 14.3. The maximum absolute atomic E-state index is 11.9. The number of carbonyl (C=O) groups excluding carboxylic acids is 1. The number of rotatable bonds is 3. The highest BCUT2D eigenvalue weighted by atomic mass is 16.1. The van der Waals surface area contributed by atoms with Gasteiger partial charge in [-0.15, -0.1) is 0 Å². The SMILES string of the molecule is Cn1cc2cc(N3CCCCC3)c(-c3cccnc3C(N)=O)cc2n1. The number of nitrogens with zero attached hydrogens (tertiary/aromatic N) is 4. The Morgan fingerprint density at radius 1 is 1.16 bits per heavy atom. The third-order valence-electron chi connectivity index (χ3n) is 4.76. The van der Waals surface area contributed by atoms with Crippen LogP contribution in [0.4, 0.5) is 5.69 Å². The van der Waals surface area contributed by atoms with Gasteiger partial charge >= 0.3 is 0 Å². The lowest BCUT2D eigenvalue weighted by molar-refractivity contribution is 0.0996. The third-order valence-corrected chi connectivity index (χ3v) is 4.76. The minimum atomic E-state index is -0.513. The van der Waals surface area contributed by atoms with Gasteiger partial charge in [0.2, 0.25) is 0 Å². The molecule has 3 heterocycles. The average Bonchev–Trinajstić information content (AvgIpc) is 3.00. The molecule has 3 aromatic rings. The van der Waals surface area contributed by atoms with E-state index in [1.807, 2.05) is 36.1 Å². The average molecular weight is 335 g/mol. The lowest BCUT2D eigenvalue weighted by Gasteiger charge is -2.31. The van der Waals surface area contributed by atoms with E-state index in [0.29, 0.717) is 5.69 Å². The summed E-state index contributed by atoms with van der Waals surface area (Å²) in [5, 5.41) is 5.62. The Kier molecular flexibility index (Phi) is 3.87. The van der Waals surface area contributed by atoms with Gasteiger partial charge in [0.1, 0.15) is 5.69 Å². The van der Waals surface area contributed by atoms with Gasteiger partial charge in [-0.2, -0.15) is 5.10 Å². The van der Waals surface area contributed by atoms with Gasteiger partial charge in [-0.3, -0.25) is 14.5 Å². The summed E-state index contributed by atoms with van der Waals surface area (Å²) in [4.78, 5) is 18.5. The molecule has 1 amide bonds. The maximum atomic E-state index is 11.9. The van der Waals surface area contributed by atoms with Crippen molar-refractivity contribution in [1.29, 1.82) is 0 Å². The van der Waals surface area contributed by atoms with Crippen LogP contribution in [0.25, 0.3) is 22.0 Å². The molecule has 0 saturated carbocycles. The van der Waals surface area contributed by atoms with Gasteiger partial charge < -0.3 is 10.6 Å². The van der Waals surface area contributed by atoms with Crippen LogP contribution in [0, 0.1) is 0 Å². The van der Waals surface area contributed by atoms with E-state index < -0.39 is 5.91 Å². The van der Waals surface area contributed by atoms with Gasteiger partial charge in [0.05, 0.1) is 5.52 Å². The molecule has 0 radical (unpaired) electrons. The van der Waals surface area contributed by atoms with E-state index in [9.17, 15) is 4.79 Å². The molecule has 128 valence electrons. The molecule has 0 bridgehead atoms. The third kappa shape index (κ3) is 2.84. The van der Waals surface area contributed by atoms with Crippen LogP contribution in [-0.4, -0.2) is 33.8 Å². The predicted octanol–water partition coefficient (Wildman–Crippen LogP) is 2.72. The van der Waals surface area contributed by atoms with Crippen molar-refractivity contribution in [2.75, 3.05) is 18.0 Å². The molecule has 6 nitrogen and oxygen atoms in total. The number of primary amides is 1. The Morgan fingerprint density at radius 3 is 2.72 bits per heavy atom. The Morgan fingerprint density at radius 2 is 1.96 bits per heavy atom. The van der Waals surface area contributed by atoms with Gasteiger partial charge in [0.25, 0.3) is 5.91 Å². The number of anilines is 1. The Bertz CT molecular complexity index is 940. The molecule has 0 aliphatic carbocycles. The summed E-state index contributed by atoms with van der Waals surface area (Å²) in [5.74, 6) is -0.513. The quantitative estimate of drug-likeness (QED) is 0.798. The summed E-state index contributed by atoms with van der Waals surface area (Å²) in [7, 11) is 1.92. The zero-order valence-corrected chi connectivity index (χ0v) is 14.3. The summed E-state index contributed by atoms with van der Waals surface area (Å²) in [6.07, 6.45) is 7.25. The van der Waals surface area contributed by atoms with Crippen molar-refractivity contribution in [3.8, 4) is 11.1 Å². The number of aryl methyl sites for hydroxylation is 1. The number of nitrogens with two attached hydrogens (primary N) is 1. The monoisotopic (exact) mass is 335 g/mol. The fourth-order valence-electron chi connectivity index (χ4n) is 3.61. The van der Waals surface area contributed by atoms with Crippen molar-refractivity contribution < 1.29 is 4.79 Å². The van der Waals surface area contributed by atoms with Crippen molar-refractivity contribution >= 4 is 22.5 Å². The van der Waals surface area contributed by atoms with Crippen molar-refractivity contribution in [1.82, 2.24) is 14.8 Å². The van der Waals surface area contributed by atoms with Crippen LogP contribution in [0.15, 0.2) is 36.7 Å². The number of hydrogen-bond acceptors (Lipinski definition) is 4. The van der Waals surface area contributed by atoms with E-state index in [-0.39, 0.29) is 0 Å². The molecule has 0 unspecified atom stereocenters. The molecule has 1 aromatic carbocycles. The lowest BCUT2D eigenvalue weighted by atomic mass is 9.98. The van der Waals surface area contributed by atoms with Crippen LogP contribution in [0.5, 0.6) is 0 Å². The maximum Gasteiger partial charge on any atom is 0.267 e. The van der Waals surface area contributed by atoms with Gasteiger partial charge in [-0.05, 0) is 37.5 Å². The second kappa shape index (κ2) is 6.20. The highest BCUT2D eigenvalue weighted by Gasteiger charge is 2.20. The van der Waals surface area contributed by atoms with Gasteiger partial charge in [0.15, 0.2) is 0 Å². The number of aromatic nitrogens is 3.